The first-order valence-corrected chi connectivity index (χ1v) is 22.4. The number of benzene rings is 3. The molecule has 18 heteroatoms. The third-order valence-electron chi connectivity index (χ3n) is 12.7. The lowest BCUT2D eigenvalue weighted by Crippen LogP contribution is -2.52. The van der Waals surface area contributed by atoms with Crippen molar-refractivity contribution in [2.75, 3.05) is 37.4 Å². The van der Waals surface area contributed by atoms with E-state index in [4.69, 9.17) is 0 Å². The Morgan fingerprint density at radius 3 is 2.46 bits per heavy atom. The summed E-state index contributed by atoms with van der Waals surface area (Å²) >= 11 is 0. The normalized spacial score (nSPS) is 20.6. The smallest absolute Gasteiger partial charge is 0.301 e. The number of piperidine rings is 2. The van der Waals surface area contributed by atoms with E-state index in [1.165, 1.54) is 16.7 Å². The van der Waals surface area contributed by atoms with Gasteiger partial charge < -0.3 is 19.9 Å². The number of H-pyrrole nitrogens is 1. The highest BCUT2D eigenvalue weighted by Crippen LogP contribution is 2.35. The van der Waals surface area contributed by atoms with E-state index in [0.29, 0.717) is 46.6 Å². The van der Waals surface area contributed by atoms with Crippen LogP contribution in [0.1, 0.15) is 93.5 Å². The molecule has 328 valence electrons. The number of carbonyl (C=O) groups is 4. The van der Waals surface area contributed by atoms with Crippen LogP contribution in [0.5, 0.6) is 0 Å². The fraction of sp³-hybridized carbons (Fsp3) is 0.356. The number of fused-ring (bicyclic) bond motifs is 2. The predicted octanol–water partition coefficient (Wildman–Crippen LogP) is 5.50. The number of hydrogen-bond acceptors (Lipinski definition) is 9. The van der Waals surface area contributed by atoms with Crippen molar-refractivity contribution >= 4 is 50.4 Å². The molecule has 2 aromatic heterocycles. The van der Waals surface area contributed by atoms with Gasteiger partial charge in [-0.1, -0.05) is 36.4 Å². The van der Waals surface area contributed by atoms with Crippen molar-refractivity contribution in [3.63, 3.8) is 0 Å². The summed E-state index contributed by atoms with van der Waals surface area (Å²) in [6.07, 6.45) is 3.66. The summed E-state index contributed by atoms with van der Waals surface area (Å²) in [5, 5.41) is 13.7. The van der Waals surface area contributed by atoms with Gasteiger partial charge in [-0.3, -0.25) is 29.2 Å². The molecule has 3 aromatic carbocycles. The van der Waals surface area contributed by atoms with Crippen molar-refractivity contribution in [3.8, 4) is 11.1 Å². The number of rotatable bonds is 12. The zero-order chi connectivity index (χ0) is 44.2. The molecule has 0 aliphatic carbocycles. The van der Waals surface area contributed by atoms with Gasteiger partial charge in [0.15, 0.2) is 5.82 Å². The van der Waals surface area contributed by atoms with Gasteiger partial charge in [-0.25, -0.2) is 18.2 Å². The van der Waals surface area contributed by atoms with Crippen LogP contribution in [0.15, 0.2) is 73.1 Å². The standard InChI is InChI=1S/C45H44F3N7O7S/c46-31-13-18-54(24-31)63(61,62)52-36-8-7-35(47)40(41(36)48)42(58)34-22-50-43-33(34)20-29(21-49-43)26-3-1-25(2-4-26)27-11-15-53(16-12-27)17-14-38(56)28-5-6-32-30(19-28)23-55(45(32)60)37-9-10-39(57)51-44(37)59/h1-8,19-22,27,31,37-38,52,56H,9-18,23-24H2,(H,49,50)(H,51,57,59)/t31-,37-,38+/m1/s1. The average Bonchev–Trinajstić information content (AvgIpc) is 4.00. The zero-order valence-electron chi connectivity index (χ0n) is 34.0. The number of aliphatic hydroxyl groups excluding tert-OH is 1. The summed E-state index contributed by atoms with van der Waals surface area (Å²) in [5.74, 6) is -4.32. The van der Waals surface area contributed by atoms with Gasteiger partial charge in [0.2, 0.25) is 17.6 Å². The molecule has 9 rings (SSSR count). The topological polar surface area (TPSA) is 185 Å². The fourth-order valence-corrected chi connectivity index (χ4v) is 10.4. The Labute approximate surface area is 360 Å². The van der Waals surface area contributed by atoms with Gasteiger partial charge in [0.05, 0.1) is 17.4 Å². The summed E-state index contributed by atoms with van der Waals surface area (Å²) < 4.78 is 73.0. The predicted molar refractivity (Wildman–Crippen MR) is 225 cm³/mol. The number of likely N-dealkylation sites (tertiary alicyclic amines) is 1. The molecular formula is C45H44F3N7O7S. The molecule has 4 N–H and O–H groups in total. The number of amides is 3. The average molecular weight is 884 g/mol. The molecule has 0 radical (unpaired) electrons. The fourth-order valence-electron chi connectivity index (χ4n) is 9.14. The van der Waals surface area contributed by atoms with Gasteiger partial charge >= 0.3 is 10.2 Å². The lowest BCUT2D eigenvalue weighted by Gasteiger charge is -2.32. The Balaban J connectivity index is 0.807. The number of pyridine rings is 1. The van der Waals surface area contributed by atoms with Gasteiger partial charge in [0.25, 0.3) is 5.91 Å². The minimum Gasteiger partial charge on any atom is -0.388 e. The largest absolute Gasteiger partial charge is 0.388 e. The molecule has 5 aromatic rings. The third kappa shape index (κ3) is 8.35. The third-order valence-corrected chi connectivity index (χ3v) is 14.2. The first-order valence-electron chi connectivity index (χ1n) is 20.9. The maximum atomic E-state index is 15.7. The number of nitrogens with zero attached hydrogens (tertiary/aromatic N) is 4. The number of aromatic nitrogens is 2. The molecule has 4 aliphatic heterocycles. The molecule has 0 saturated carbocycles. The lowest BCUT2D eigenvalue weighted by atomic mass is 9.88. The van der Waals surface area contributed by atoms with E-state index in [9.17, 15) is 37.1 Å². The van der Waals surface area contributed by atoms with Crippen LogP contribution >= 0.6 is 0 Å². The van der Waals surface area contributed by atoms with Crippen LogP contribution in [0.25, 0.3) is 22.2 Å². The molecule has 3 atom stereocenters. The van der Waals surface area contributed by atoms with Crippen LogP contribution in [0.4, 0.5) is 18.9 Å². The molecule has 63 heavy (non-hydrogen) atoms. The highest BCUT2D eigenvalue weighted by molar-refractivity contribution is 7.90. The second-order valence-corrected chi connectivity index (χ2v) is 18.3. The molecule has 3 amide bonds. The van der Waals surface area contributed by atoms with E-state index in [-0.39, 0.29) is 49.7 Å². The number of aliphatic hydroxyl groups is 1. The van der Waals surface area contributed by atoms with E-state index < -0.39 is 69.6 Å². The Morgan fingerprint density at radius 2 is 1.73 bits per heavy atom. The highest BCUT2D eigenvalue weighted by Gasteiger charge is 2.39. The van der Waals surface area contributed by atoms with E-state index in [2.05, 4.69) is 32.3 Å². The second kappa shape index (κ2) is 17.0. The van der Waals surface area contributed by atoms with Crippen molar-refractivity contribution in [1.29, 1.82) is 0 Å². The first kappa shape index (κ1) is 42.4. The van der Waals surface area contributed by atoms with Crippen molar-refractivity contribution in [2.45, 2.75) is 69.3 Å². The number of nitrogens with one attached hydrogen (secondary N) is 3. The summed E-state index contributed by atoms with van der Waals surface area (Å²) in [6.45, 7) is 2.13. The summed E-state index contributed by atoms with van der Waals surface area (Å²) in [5.41, 5.74) is 3.28. The molecule has 4 aliphatic rings. The minimum atomic E-state index is -4.36. The number of imide groups is 1. The van der Waals surface area contributed by atoms with Crippen LogP contribution in [0, 0.1) is 11.6 Å². The molecular weight excluding hydrogens is 840 g/mol. The van der Waals surface area contributed by atoms with Crippen molar-refractivity contribution < 1.29 is 45.9 Å². The van der Waals surface area contributed by atoms with Crippen LogP contribution in [0.3, 0.4) is 0 Å². The Morgan fingerprint density at radius 1 is 0.952 bits per heavy atom. The van der Waals surface area contributed by atoms with Crippen LogP contribution < -0.4 is 10.0 Å². The van der Waals surface area contributed by atoms with E-state index in [1.807, 2.05) is 22.9 Å². The number of alkyl halides is 1. The van der Waals surface area contributed by atoms with Crippen molar-refractivity contribution in [3.05, 3.63) is 118 Å². The quantitative estimate of drug-likeness (QED) is 0.0928. The summed E-state index contributed by atoms with van der Waals surface area (Å²) in [7, 11) is -4.36. The molecule has 0 spiro atoms. The number of hydrogen-bond donors (Lipinski definition) is 4. The van der Waals surface area contributed by atoms with E-state index in [0.717, 1.165) is 53.5 Å². The van der Waals surface area contributed by atoms with Gasteiger partial charge in [0, 0.05) is 67.1 Å². The summed E-state index contributed by atoms with van der Waals surface area (Å²) in [4.78, 5) is 62.0. The summed E-state index contributed by atoms with van der Waals surface area (Å²) in [6, 6.07) is 16.0. The van der Waals surface area contributed by atoms with E-state index >= 15 is 8.78 Å². The molecule has 0 bridgehead atoms. The van der Waals surface area contributed by atoms with Crippen LogP contribution in [0.2, 0.25) is 0 Å². The second-order valence-electron chi connectivity index (χ2n) is 16.6. The number of ketones is 1. The Bertz CT molecular complexity index is 2760. The lowest BCUT2D eigenvalue weighted by molar-refractivity contribution is -0.136. The van der Waals surface area contributed by atoms with E-state index in [1.54, 1.807) is 24.4 Å². The number of anilines is 1. The maximum absolute atomic E-state index is 15.7. The van der Waals surface area contributed by atoms with Crippen molar-refractivity contribution in [1.82, 2.24) is 29.4 Å². The van der Waals surface area contributed by atoms with Crippen LogP contribution in [-0.4, -0.2) is 106 Å². The van der Waals surface area contributed by atoms with Gasteiger partial charge in [0.1, 0.15) is 23.7 Å². The zero-order valence-corrected chi connectivity index (χ0v) is 34.8. The molecule has 0 unspecified atom stereocenters. The Hall–Kier alpha value is -5.95. The SMILES string of the molecule is O=C1CC[C@@H](N2Cc3cc([C@@H](O)CCN4CCC(c5ccc(-c6cnc7[nH]cc(C(=O)c8c(F)ccc(NS(=O)(=O)N9CC[C@@H](F)C9)c8F)c7c6)cc5)CC4)ccc3C2=O)C(=O)N1. The van der Waals surface area contributed by atoms with Gasteiger partial charge in [-0.2, -0.15) is 12.7 Å². The first-order chi connectivity index (χ1) is 30.2. The molecule has 14 nitrogen and oxygen atoms in total. The Kier molecular flexibility index (Phi) is 11.4. The maximum Gasteiger partial charge on any atom is 0.301 e. The number of halogens is 3. The molecule has 3 saturated heterocycles. The number of carbonyl (C=O) groups excluding carboxylic acids is 4. The van der Waals surface area contributed by atoms with Crippen LogP contribution in [-0.2, 0) is 26.3 Å². The van der Waals surface area contributed by atoms with Gasteiger partial charge in [-0.15, -0.1) is 0 Å². The number of aromatic amines is 1. The van der Waals surface area contributed by atoms with Gasteiger partial charge in [-0.05, 0) is 97.6 Å². The monoisotopic (exact) mass is 883 g/mol. The highest BCUT2D eigenvalue weighted by atomic mass is 32.2. The molecule has 6 heterocycles. The minimum absolute atomic E-state index is 0.00348. The molecule has 3 fully saturated rings. The van der Waals surface area contributed by atoms with Crippen molar-refractivity contribution in [2.24, 2.45) is 0 Å².